The fourth-order valence-electron chi connectivity index (χ4n) is 6.12. The van der Waals surface area contributed by atoms with Gasteiger partial charge in [-0.15, -0.1) is 0 Å². The van der Waals surface area contributed by atoms with Crippen molar-refractivity contribution in [3.63, 3.8) is 0 Å². The lowest BCUT2D eigenvalue weighted by Crippen LogP contribution is -2.30. The lowest BCUT2D eigenvalue weighted by atomic mass is 10.0. The van der Waals surface area contributed by atoms with E-state index in [1.807, 2.05) is 84.9 Å². The third-order valence-corrected chi connectivity index (χ3v) is 14.2. The first-order valence-electron chi connectivity index (χ1n) is 17.2. The molecule has 0 aliphatic carbocycles. The molecule has 6 aromatic rings. The van der Waals surface area contributed by atoms with Crippen molar-refractivity contribution < 1.29 is 28.5 Å². The Morgan fingerprint density at radius 2 is 0.741 bits per heavy atom. The summed E-state index contributed by atoms with van der Waals surface area (Å²) >= 11 is 14.3. The lowest BCUT2D eigenvalue weighted by Gasteiger charge is -2.30. The fourth-order valence-corrected chi connectivity index (χ4v) is 11.4. The number of carbonyl (C=O) groups is 2. The van der Waals surface area contributed by atoms with Gasteiger partial charge in [0.25, 0.3) is 0 Å². The first kappa shape index (κ1) is 39.0. The van der Waals surface area contributed by atoms with Crippen molar-refractivity contribution in [3.05, 3.63) is 156 Å². The summed E-state index contributed by atoms with van der Waals surface area (Å²) in [6.07, 6.45) is -2.07. The molecule has 0 aromatic heterocycles. The second kappa shape index (κ2) is 18.1. The van der Waals surface area contributed by atoms with Crippen molar-refractivity contribution in [2.24, 2.45) is 0 Å². The van der Waals surface area contributed by atoms with E-state index in [2.05, 4.69) is 48.5 Å². The zero-order valence-electron chi connectivity index (χ0n) is 30.1. The Hall–Kier alpha value is -4.70. The fraction of sp³-hybridized carbons (Fsp3) is 0.136. The first-order valence-corrected chi connectivity index (χ1v) is 20.6. The van der Waals surface area contributed by atoms with E-state index in [9.17, 15) is 9.59 Å². The molecular formula is C44H38Cl2O6P2. The van der Waals surface area contributed by atoms with E-state index in [0.717, 1.165) is 31.8 Å². The summed E-state index contributed by atoms with van der Waals surface area (Å²) in [5, 5.41) is 6.54. The molecule has 0 radical (unpaired) electrons. The lowest BCUT2D eigenvalue weighted by molar-refractivity contribution is -0.148. The van der Waals surface area contributed by atoms with Crippen molar-refractivity contribution >= 4 is 82.8 Å². The minimum absolute atomic E-state index is 0.251. The van der Waals surface area contributed by atoms with E-state index in [0.29, 0.717) is 11.1 Å². The van der Waals surface area contributed by atoms with Crippen LogP contribution in [0.1, 0.15) is 13.8 Å². The molecule has 0 aliphatic heterocycles. The van der Waals surface area contributed by atoms with Crippen molar-refractivity contribution in [3.8, 4) is 22.6 Å². The van der Waals surface area contributed by atoms with Gasteiger partial charge in [-0.1, -0.05) is 157 Å². The summed E-state index contributed by atoms with van der Waals surface area (Å²) in [4.78, 5) is 26.0. The minimum Gasteiger partial charge on any atom is -0.477 e. The zero-order chi connectivity index (χ0) is 38.2. The van der Waals surface area contributed by atoms with Crippen molar-refractivity contribution in [2.45, 2.75) is 26.1 Å². The van der Waals surface area contributed by atoms with E-state index in [1.165, 1.54) is 14.2 Å². The molecule has 0 spiro atoms. The van der Waals surface area contributed by atoms with Crippen LogP contribution in [0.15, 0.2) is 146 Å². The molecule has 0 aliphatic rings. The number of hydrogen-bond donors (Lipinski definition) is 0. The molecule has 2 atom stereocenters. The Balaban J connectivity index is 1.80. The summed E-state index contributed by atoms with van der Waals surface area (Å²) in [6, 6.07) is 48.5. The minimum atomic E-state index is -1.30. The van der Waals surface area contributed by atoms with Crippen molar-refractivity contribution in [2.75, 3.05) is 14.2 Å². The molecule has 0 unspecified atom stereocenters. The van der Waals surface area contributed by atoms with E-state index in [4.69, 9.17) is 42.1 Å². The number of carbonyl (C=O) groups excluding carboxylic acids is 2. The van der Waals surface area contributed by atoms with Gasteiger partial charge in [0.1, 0.15) is 11.5 Å². The molecule has 0 heterocycles. The van der Waals surface area contributed by atoms with Crippen LogP contribution in [0.5, 0.6) is 11.5 Å². The highest BCUT2D eigenvalue weighted by atomic mass is 35.5. The normalized spacial score (nSPS) is 12.2. The zero-order valence-corrected chi connectivity index (χ0v) is 33.4. The molecule has 10 heteroatoms. The predicted octanol–water partition coefficient (Wildman–Crippen LogP) is 8.06. The third kappa shape index (κ3) is 8.49. The maximum Gasteiger partial charge on any atom is 0.346 e. The highest BCUT2D eigenvalue weighted by molar-refractivity contribution is 7.80. The molecule has 274 valence electrons. The van der Waals surface area contributed by atoms with Gasteiger partial charge in [-0.3, -0.25) is 0 Å². The predicted molar refractivity (Wildman–Crippen MR) is 224 cm³/mol. The summed E-state index contributed by atoms with van der Waals surface area (Å²) < 4.78 is 23.4. The topological polar surface area (TPSA) is 71.1 Å². The van der Waals surface area contributed by atoms with E-state index >= 15 is 0 Å². The number of rotatable bonds is 13. The highest BCUT2D eigenvalue weighted by Crippen LogP contribution is 2.51. The van der Waals surface area contributed by atoms with Gasteiger partial charge < -0.3 is 18.9 Å². The molecule has 0 amide bonds. The van der Waals surface area contributed by atoms with Crippen LogP contribution in [0.25, 0.3) is 11.1 Å². The van der Waals surface area contributed by atoms with Crippen molar-refractivity contribution in [1.29, 1.82) is 0 Å². The number of halogens is 2. The van der Waals surface area contributed by atoms with Crippen LogP contribution in [0.3, 0.4) is 0 Å². The molecule has 0 bridgehead atoms. The molecule has 0 saturated heterocycles. The monoisotopic (exact) mass is 794 g/mol. The average molecular weight is 796 g/mol. The number of benzene rings is 6. The molecule has 0 fully saturated rings. The Morgan fingerprint density at radius 3 is 1.00 bits per heavy atom. The molecule has 0 saturated carbocycles. The Morgan fingerprint density at radius 1 is 0.463 bits per heavy atom. The van der Waals surface area contributed by atoms with Gasteiger partial charge in [0.05, 0.1) is 24.3 Å². The van der Waals surface area contributed by atoms with E-state index in [-0.39, 0.29) is 21.5 Å². The third-order valence-electron chi connectivity index (χ3n) is 8.62. The highest BCUT2D eigenvalue weighted by Gasteiger charge is 2.34. The average Bonchev–Trinajstić information content (AvgIpc) is 3.21. The van der Waals surface area contributed by atoms with Gasteiger partial charge in [0.15, 0.2) is 12.2 Å². The molecule has 6 aromatic carbocycles. The standard InChI is InChI=1S/C44H38Cl2O6P2/c1-29(43(47)49-3)51-41-35(45)25-27-37(53(31-17-9-5-10-18-31)32-19-11-6-12-20-32)39(41)40-38(28-26-36(46)42(40)52-30(2)44(48)50-4)54(33-21-13-7-14-22-33)34-23-15-8-16-24-34/h5-30H,1-4H3/t29-,30-/m1/s1. The molecule has 0 N–H and O–H groups in total. The van der Waals surface area contributed by atoms with Crippen LogP contribution >= 0.6 is 39.0 Å². The maximum absolute atomic E-state index is 13.0. The van der Waals surface area contributed by atoms with Gasteiger partial charge in [-0.05, 0) is 73.7 Å². The van der Waals surface area contributed by atoms with Gasteiger partial charge in [0.2, 0.25) is 0 Å². The summed E-state index contributed by atoms with van der Waals surface area (Å²) in [7, 11) is 0.0279. The van der Waals surface area contributed by atoms with E-state index < -0.39 is 40.0 Å². The van der Waals surface area contributed by atoms with Gasteiger partial charge in [0, 0.05) is 11.1 Å². The van der Waals surface area contributed by atoms with Crippen LogP contribution in [-0.4, -0.2) is 38.4 Å². The number of methoxy groups -OCH3 is 2. The van der Waals surface area contributed by atoms with E-state index in [1.54, 1.807) is 26.0 Å². The first-order chi connectivity index (χ1) is 26.2. The molecule has 6 rings (SSSR count). The Kier molecular flexibility index (Phi) is 13.1. The van der Waals surface area contributed by atoms with Crippen molar-refractivity contribution in [1.82, 2.24) is 0 Å². The Labute approximate surface area is 328 Å². The molecule has 54 heavy (non-hydrogen) atoms. The number of ether oxygens (including phenoxy) is 4. The van der Waals surface area contributed by atoms with Gasteiger partial charge in [-0.2, -0.15) is 0 Å². The quantitative estimate of drug-likeness (QED) is 0.0871. The SMILES string of the molecule is COC(=O)[C@@H](C)Oc1c(Cl)ccc(P(c2ccccc2)c2ccccc2)c1-c1c(P(c2ccccc2)c2ccccc2)ccc(Cl)c1O[C@H](C)C(=O)OC. The van der Waals surface area contributed by atoms with Crippen LogP contribution in [-0.2, 0) is 19.1 Å². The van der Waals surface area contributed by atoms with Crippen LogP contribution < -0.4 is 41.3 Å². The second-order valence-corrected chi connectivity index (χ2v) is 17.3. The smallest absolute Gasteiger partial charge is 0.346 e. The number of esters is 2. The van der Waals surface area contributed by atoms with Gasteiger partial charge in [-0.25, -0.2) is 9.59 Å². The van der Waals surface area contributed by atoms with Crippen LogP contribution in [0, 0.1) is 0 Å². The summed E-state index contributed by atoms with van der Waals surface area (Å²) in [6.45, 7) is 3.23. The van der Waals surface area contributed by atoms with Gasteiger partial charge >= 0.3 is 11.9 Å². The summed E-state index contributed by atoms with van der Waals surface area (Å²) in [5.74, 6) is -0.648. The summed E-state index contributed by atoms with van der Waals surface area (Å²) in [5.41, 5.74) is 1.17. The maximum atomic E-state index is 13.0. The van der Waals surface area contributed by atoms with Crippen LogP contribution in [0.4, 0.5) is 0 Å². The second-order valence-electron chi connectivity index (χ2n) is 12.1. The number of hydrogen-bond acceptors (Lipinski definition) is 6. The Bertz CT molecular complexity index is 1970. The largest absolute Gasteiger partial charge is 0.477 e. The molecule has 6 nitrogen and oxygen atoms in total. The van der Waals surface area contributed by atoms with Crippen LogP contribution in [0.2, 0.25) is 10.0 Å². The molecular weight excluding hydrogens is 757 g/mol.